The molecule has 2 amide bonds. The van der Waals surface area contributed by atoms with Gasteiger partial charge in [0, 0.05) is 18.7 Å². The number of hydrogen-bond donors (Lipinski definition) is 1. The fraction of sp³-hybridized carbons (Fsp3) is 0.481. The summed E-state index contributed by atoms with van der Waals surface area (Å²) in [6.45, 7) is 7.28. The minimum Gasteiger partial charge on any atom is -0.497 e. The van der Waals surface area contributed by atoms with E-state index in [0.717, 1.165) is 28.1 Å². The summed E-state index contributed by atoms with van der Waals surface area (Å²) in [7, 11) is -1.02. The van der Waals surface area contributed by atoms with Crippen LogP contribution in [0.5, 0.6) is 11.5 Å². The first-order valence-corrected chi connectivity index (χ1v) is 14.2. The van der Waals surface area contributed by atoms with Crippen molar-refractivity contribution < 1.29 is 27.5 Å². The van der Waals surface area contributed by atoms with Crippen LogP contribution in [0.15, 0.2) is 42.5 Å². The molecule has 0 bridgehead atoms. The Morgan fingerprint density at radius 3 is 2.24 bits per heavy atom. The van der Waals surface area contributed by atoms with Gasteiger partial charge in [0.2, 0.25) is 21.8 Å². The Labute approximate surface area is 220 Å². The summed E-state index contributed by atoms with van der Waals surface area (Å²) in [5, 5.41) is 2.96. The molecule has 9 nitrogen and oxygen atoms in total. The lowest BCUT2D eigenvalue weighted by atomic mass is 10.1. The maximum atomic E-state index is 13.9. The average molecular weight is 534 g/mol. The number of methoxy groups -OCH3 is 2. The molecule has 2 atom stereocenters. The SMILES string of the molecule is CC[C@H](C(=O)N[C@@H](C)CC)N(Cc1ccccc1C)C(=O)CN(c1cc(OC)ccc1OC)S(C)(=O)=O. The number of carbonyl (C=O) groups is 2. The topological polar surface area (TPSA) is 105 Å². The molecule has 2 rings (SSSR count). The number of sulfonamides is 1. The van der Waals surface area contributed by atoms with Gasteiger partial charge in [-0.25, -0.2) is 8.42 Å². The standard InChI is InChI=1S/C27H39N3O6S/c1-8-20(4)28-27(32)23(9-2)29(17-21-13-11-10-12-19(21)3)26(31)18-30(37(7,33)34)24-16-22(35-5)14-15-25(24)36-6/h10-16,20,23H,8-9,17-18H2,1-7H3,(H,28,32)/t20-,23+/m0/s1. The molecule has 0 aliphatic carbocycles. The van der Waals surface area contributed by atoms with E-state index in [1.54, 1.807) is 12.1 Å². The summed E-state index contributed by atoms with van der Waals surface area (Å²) < 4.78 is 37.5. The third-order valence-corrected chi connectivity index (χ3v) is 7.45. The highest BCUT2D eigenvalue weighted by molar-refractivity contribution is 7.92. The molecule has 0 radical (unpaired) electrons. The molecule has 0 unspecified atom stereocenters. The Bertz CT molecular complexity index is 1180. The van der Waals surface area contributed by atoms with Gasteiger partial charge >= 0.3 is 0 Å². The molecule has 0 fully saturated rings. The third kappa shape index (κ3) is 7.85. The first-order chi connectivity index (χ1) is 17.5. The van der Waals surface area contributed by atoms with Crippen molar-refractivity contribution in [1.29, 1.82) is 0 Å². The maximum absolute atomic E-state index is 13.9. The Kier molecular flexibility index (Phi) is 10.8. The summed E-state index contributed by atoms with van der Waals surface area (Å²) in [5.41, 5.74) is 2.01. The Hall–Kier alpha value is -3.27. The normalized spacial score (nSPS) is 12.8. The Balaban J connectivity index is 2.54. The van der Waals surface area contributed by atoms with Crippen LogP contribution in [0.25, 0.3) is 0 Å². The van der Waals surface area contributed by atoms with Crippen LogP contribution in [0.3, 0.4) is 0 Å². The number of rotatable bonds is 13. The van der Waals surface area contributed by atoms with E-state index in [2.05, 4.69) is 5.32 Å². The lowest BCUT2D eigenvalue weighted by molar-refractivity contribution is -0.140. The van der Waals surface area contributed by atoms with Crippen LogP contribution in [0, 0.1) is 6.92 Å². The van der Waals surface area contributed by atoms with E-state index in [1.165, 1.54) is 25.2 Å². The third-order valence-electron chi connectivity index (χ3n) is 6.32. The number of ether oxygens (including phenoxy) is 2. The molecule has 0 spiro atoms. The van der Waals surface area contributed by atoms with Crippen molar-refractivity contribution in [1.82, 2.24) is 10.2 Å². The molecule has 0 aliphatic heterocycles. The number of anilines is 1. The van der Waals surface area contributed by atoms with Crippen molar-refractivity contribution in [3.8, 4) is 11.5 Å². The van der Waals surface area contributed by atoms with Crippen molar-refractivity contribution in [3.63, 3.8) is 0 Å². The van der Waals surface area contributed by atoms with Gasteiger partial charge in [-0.3, -0.25) is 13.9 Å². The summed E-state index contributed by atoms with van der Waals surface area (Å²) in [6, 6.07) is 11.5. The van der Waals surface area contributed by atoms with Crippen LogP contribution in [0.1, 0.15) is 44.7 Å². The highest BCUT2D eigenvalue weighted by Crippen LogP contribution is 2.34. The molecule has 2 aromatic carbocycles. The van der Waals surface area contributed by atoms with Crippen LogP contribution < -0.4 is 19.1 Å². The number of carbonyl (C=O) groups excluding carboxylic acids is 2. The minimum absolute atomic E-state index is 0.0643. The number of amides is 2. The van der Waals surface area contributed by atoms with E-state index in [-0.39, 0.29) is 29.9 Å². The molecular weight excluding hydrogens is 494 g/mol. The molecular formula is C27H39N3O6S. The first kappa shape index (κ1) is 30.0. The molecule has 0 saturated carbocycles. The van der Waals surface area contributed by atoms with Crippen molar-refractivity contribution in [2.45, 2.75) is 59.2 Å². The summed E-state index contributed by atoms with van der Waals surface area (Å²) >= 11 is 0. The van der Waals surface area contributed by atoms with Crippen LogP contribution in [-0.4, -0.2) is 64.2 Å². The highest BCUT2D eigenvalue weighted by atomic mass is 32.2. The fourth-order valence-corrected chi connectivity index (χ4v) is 4.76. The predicted molar refractivity (Wildman–Crippen MR) is 145 cm³/mol. The van der Waals surface area contributed by atoms with Gasteiger partial charge in [0.15, 0.2) is 0 Å². The van der Waals surface area contributed by atoms with Crippen LogP contribution in [-0.2, 0) is 26.2 Å². The number of hydrogen-bond acceptors (Lipinski definition) is 6. The van der Waals surface area contributed by atoms with Crippen molar-refractivity contribution in [3.05, 3.63) is 53.6 Å². The van der Waals surface area contributed by atoms with Gasteiger partial charge in [-0.1, -0.05) is 38.1 Å². The van der Waals surface area contributed by atoms with E-state index in [9.17, 15) is 18.0 Å². The molecule has 37 heavy (non-hydrogen) atoms. The number of nitrogens with one attached hydrogen (secondary N) is 1. The molecule has 2 aromatic rings. The van der Waals surface area contributed by atoms with Crippen molar-refractivity contribution >= 4 is 27.5 Å². The summed E-state index contributed by atoms with van der Waals surface area (Å²) in [4.78, 5) is 28.6. The molecule has 204 valence electrons. The van der Waals surface area contributed by atoms with E-state index in [1.807, 2.05) is 52.0 Å². The first-order valence-electron chi connectivity index (χ1n) is 12.3. The van der Waals surface area contributed by atoms with Gasteiger partial charge in [0.05, 0.1) is 26.2 Å². The smallest absolute Gasteiger partial charge is 0.244 e. The minimum atomic E-state index is -3.91. The van der Waals surface area contributed by atoms with Crippen LogP contribution >= 0.6 is 0 Å². The van der Waals surface area contributed by atoms with Crippen molar-refractivity contribution in [2.24, 2.45) is 0 Å². The molecule has 0 saturated heterocycles. The number of benzene rings is 2. The van der Waals surface area contributed by atoms with Gasteiger partial charge in [0.25, 0.3) is 0 Å². The van der Waals surface area contributed by atoms with E-state index in [0.29, 0.717) is 12.2 Å². The molecule has 0 aliphatic rings. The number of nitrogens with zero attached hydrogens (tertiary/aromatic N) is 2. The Morgan fingerprint density at radius 1 is 1.03 bits per heavy atom. The van der Waals surface area contributed by atoms with Gasteiger partial charge in [-0.15, -0.1) is 0 Å². The van der Waals surface area contributed by atoms with Gasteiger partial charge in [0.1, 0.15) is 24.1 Å². The zero-order valence-electron chi connectivity index (χ0n) is 22.8. The van der Waals surface area contributed by atoms with Gasteiger partial charge in [-0.2, -0.15) is 0 Å². The molecule has 10 heteroatoms. The predicted octanol–water partition coefficient (Wildman–Crippen LogP) is 3.50. The average Bonchev–Trinajstić information content (AvgIpc) is 2.86. The summed E-state index contributed by atoms with van der Waals surface area (Å²) in [5.74, 6) is -0.104. The fourth-order valence-electron chi connectivity index (χ4n) is 3.92. The zero-order chi connectivity index (χ0) is 27.8. The molecule has 0 aromatic heterocycles. The lowest BCUT2D eigenvalue weighted by Crippen LogP contribution is -2.53. The number of aryl methyl sites for hydroxylation is 1. The monoisotopic (exact) mass is 533 g/mol. The largest absolute Gasteiger partial charge is 0.497 e. The van der Waals surface area contributed by atoms with Crippen LogP contribution in [0.4, 0.5) is 5.69 Å². The van der Waals surface area contributed by atoms with Crippen LogP contribution in [0.2, 0.25) is 0 Å². The van der Waals surface area contributed by atoms with Gasteiger partial charge < -0.3 is 19.7 Å². The highest BCUT2D eigenvalue weighted by Gasteiger charge is 2.33. The van der Waals surface area contributed by atoms with Gasteiger partial charge in [-0.05, 0) is 49.9 Å². The van der Waals surface area contributed by atoms with E-state index < -0.39 is 28.5 Å². The second-order valence-corrected chi connectivity index (χ2v) is 10.9. The second-order valence-electron chi connectivity index (χ2n) is 9.00. The molecule has 0 heterocycles. The van der Waals surface area contributed by atoms with Crippen molar-refractivity contribution in [2.75, 3.05) is 31.3 Å². The second kappa shape index (κ2) is 13.3. The zero-order valence-corrected chi connectivity index (χ0v) is 23.6. The van der Waals surface area contributed by atoms with E-state index in [4.69, 9.17) is 9.47 Å². The quantitative estimate of drug-likeness (QED) is 0.423. The molecule has 1 N–H and O–H groups in total. The van der Waals surface area contributed by atoms with E-state index >= 15 is 0 Å². The summed E-state index contributed by atoms with van der Waals surface area (Å²) in [6.07, 6.45) is 2.13. The maximum Gasteiger partial charge on any atom is 0.244 e. The Morgan fingerprint density at radius 2 is 1.70 bits per heavy atom. The lowest BCUT2D eigenvalue weighted by Gasteiger charge is -2.34.